The van der Waals surface area contributed by atoms with Crippen molar-refractivity contribution < 1.29 is 8.78 Å². The Morgan fingerprint density at radius 1 is 1.28 bits per heavy atom. The quantitative estimate of drug-likeness (QED) is 0.732. The Labute approximate surface area is 108 Å². The molecule has 4 heteroatoms. The first-order valence-electron chi connectivity index (χ1n) is 6.49. The Morgan fingerprint density at radius 3 is 2.61 bits per heavy atom. The summed E-state index contributed by atoms with van der Waals surface area (Å²) in [6.45, 7) is 7.07. The van der Waals surface area contributed by atoms with E-state index in [0.29, 0.717) is 6.54 Å². The minimum Gasteiger partial charge on any atom is -0.367 e. The molecule has 0 saturated carbocycles. The van der Waals surface area contributed by atoms with Gasteiger partial charge in [0.1, 0.15) is 5.82 Å². The van der Waals surface area contributed by atoms with E-state index in [0.717, 1.165) is 18.7 Å². The maximum atomic E-state index is 13.4. The molecule has 2 nitrogen and oxygen atoms in total. The standard InChI is InChI=1S/C14H22F2N2/c1-4-5-6-7-14(2,3)10-18-13-12(16)8-11(15)9-17-13/h8-9H,4-7,10H2,1-3H3,(H,17,18). The lowest BCUT2D eigenvalue weighted by atomic mass is 9.87. The van der Waals surface area contributed by atoms with Crippen LogP contribution in [0.4, 0.5) is 14.6 Å². The molecule has 1 aromatic rings. The maximum Gasteiger partial charge on any atom is 0.168 e. The molecule has 1 heterocycles. The largest absolute Gasteiger partial charge is 0.367 e. The first-order valence-corrected chi connectivity index (χ1v) is 6.49. The van der Waals surface area contributed by atoms with Gasteiger partial charge in [0.2, 0.25) is 0 Å². The third-order valence-electron chi connectivity index (χ3n) is 3.00. The van der Waals surface area contributed by atoms with Gasteiger partial charge < -0.3 is 5.32 Å². The number of nitrogens with one attached hydrogen (secondary N) is 1. The lowest BCUT2D eigenvalue weighted by molar-refractivity contribution is 0.341. The second-order valence-corrected chi connectivity index (χ2v) is 5.46. The number of aromatic nitrogens is 1. The van der Waals surface area contributed by atoms with E-state index in [-0.39, 0.29) is 11.2 Å². The van der Waals surface area contributed by atoms with Gasteiger partial charge in [-0.05, 0) is 11.8 Å². The van der Waals surface area contributed by atoms with Gasteiger partial charge in [0.05, 0.1) is 6.20 Å². The zero-order chi connectivity index (χ0) is 13.6. The van der Waals surface area contributed by atoms with Gasteiger partial charge >= 0.3 is 0 Å². The van der Waals surface area contributed by atoms with Crippen LogP contribution < -0.4 is 5.32 Å². The van der Waals surface area contributed by atoms with Gasteiger partial charge in [0.15, 0.2) is 11.6 Å². The van der Waals surface area contributed by atoms with Crippen LogP contribution in [-0.4, -0.2) is 11.5 Å². The van der Waals surface area contributed by atoms with Gasteiger partial charge in [-0.25, -0.2) is 13.8 Å². The van der Waals surface area contributed by atoms with Gasteiger partial charge in [-0.2, -0.15) is 0 Å². The molecule has 0 saturated heterocycles. The van der Waals surface area contributed by atoms with Crippen molar-refractivity contribution in [2.75, 3.05) is 11.9 Å². The van der Waals surface area contributed by atoms with Crippen molar-refractivity contribution in [3.8, 4) is 0 Å². The molecule has 0 radical (unpaired) electrons. The molecule has 102 valence electrons. The highest BCUT2D eigenvalue weighted by Gasteiger charge is 2.18. The summed E-state index contributed by atoms with van der Waals surface area (Å²) in [6, 6.07) is 0.847. The second kappa shape index (κ2) is 6.66. The van der Waals surface area contributed by atoms with Crippen molar-refractivity contribution in [3.63, 3.8) is 0 Å². The molecule has 18 heavy (non-hydrogen) atoms. The molecule has 0 aromatic carbocycles. The summed E-state index contributed by atoms with van der Waals surface area (Å²) in [5.41, 5.74) is 0.0810. The van der Waals surface area contributed by atoms with E-state index in [9.17, 15) is 8.78 Å². The summed E-state index contributed by atoms with van der Waals surface area (Å²) in [4.78, 5) is 3.72. The fourth-order valence-corrected chi connectivity index (χ4v) is 1.81. The van der Waals surface area contributed by atoms with Crippen molar-refractivity contribution in [1.29, 1.82) is 0 Å². The number of nitrogens with zero attached hydrogens (tertiary/aromatic N) is 1. The summed E-state index contributed by atoms with van der Waals surface area (Å²) < 4.78 is 26.1. The van der Waals surface area contributed by atoms with Crippen LogP contribution in [0.3, 0.4) is 0 Å². The van der Waals surface area contributed by atoms with E-state index < -0.39 is 11.6 Å². The average molecular weight is 256 g/mol. The minimum absolute atomic E-state index is 0.0810. The van der Waals surface area contributed by atoms with Crippen molar-refractivity contribution in [2.45, 2.75) is 46.5 Å². The van der Waals surface area contributed by atoms with Crippen molar-refractivity contribution >= 4 is 5.82 Å². The Balaban J connectivity index is 2.48. The number of halogens is 2. The monoisotopic (exact) mass is 256 g/mol. The molecule has 0 bridgehead atoms. The van der Waals surface area contributed by atoms with E-state index in [1.807, 2.05) is 0 Å². The number of unbranched alkanes of at least 4 members (excludes halogenated alkanes) is 2. The highest BCUT2D eigenvalue weighted by atomic mass is 19.1. The lowest BCUT2D eigenvalue weighted by Crippen LogP contribution is -2.24. The summed E-state index contributed by atoms with van der Waals surface area (Å²) in [5, 5.41) is 2.95. The van der Waals surface area contributed by atoms with Crippen LogP contribution in [0.25, 0.3) is 0 Å². The highest BCUT2D eigenvalue weighted by molar-refractivity contribution is 5.35. The Hall–Kier alpha value is -1.19. The van der Waals surface area contributed by atoms with Crippen molar-refractivity contribution in [1.82, 2.24) is 4.98 Å². The van der Waals surface area contributed by atoms with E-state index in [2.05, 4.69) is 31.1 Å². The number of rotatable bonds is 7. The second-order valence-electron chi connectivity index (χ2n) is 5.46. The van der Waals surface area contributed by atoms with Crippen LogP contribution in [0.15, 0.2) is 12.3 Å². The molecule has 1 aromatic heterocycles. The van der Waals surface area contributed by atoms with Crippen molar-refractivity contribution in [3.05, 3.63) is 23.9 Å². The number of hydrogen-bond donors (Lipinski definition) is 1. The topological polar surface area (TPSA) is 24.9 Å². The highest BCUT2D eigenvalue weighted by Crippen LogP contribution is 2.24. The average Bonchev–Trinajstić information content (AvgIpc) is 2.28. The molecule has 0 aliphatic heterocycles. The molecule has 0 amide bonds. The van der Waals surface area contributed by atoms with Crippen LogP contribution >= 0.6 is 0 Å². The lowest BCUT2D eigenvalue weighted by Gasteiger charge is -2.25. The smallest absolute Gasteiger partial charge is 0.168 e. The predicted molar refractivity (Wildman–Crippen MR) is 70.6 cm³/mol. The third-order valence-corrected chi connectivity index (χ3v) is 3.00. The number of pyridine rings is 1. The summed E-state index contributed by atoms with van der Waals surface area (Å²) in [7, 11) is 0. The molecule has 0 aliphatic rings. The van der Waals surface area contributed by atoms with Crippen LogP contribution in [0.2, 0.25) is 0 Å². The van der Waals surface area contributed by atoms with Crippen LogP contribution in [0, 0.1) is 17.0 Å². The molecule has 0 fully saturated rings. The molecule has 0 atom stereocenters. The first kappa shape index (κ1) is 14.9. The zero-order valence-corrected chi connectivity index (χ0v) is 11.4. The molecular weight excluding hydrogens is 234 g/mol. The van der Waals surface area contributed by atoms with Crippen molar-refractivity contribution in [2.24, 2.45) is 5.41 Å². The van der Waals surface area contributed by atoms with Crippen LogP contribution in [0.1, 0.15) is 46.5 Å². The number of anilines is 1. The molecule has 0 spiro atoms. The van der Waals surface area contributed by atoms with Gasteiger partial charge in [0.25, 0.3) is 0 Å². The Morgan fingerprint density at radius 2 is 2.00 bits per heavy atom. The van der Waals surface area contributed by atoms with Gasteiger partial charge in [-0.3, -0.25) is 0 Å². The normalized spacial score (nSPS) is 11.6. The molecule has 1 rings (SSSR count). The van der Waals surface area contributed by atoms with E-state index in [1.165, 1.54) is 19.3 Å². The third kappa shape index (κ3) is 4.98. The summed E-state index contributed by atoms with van der Waals surface area (Å²) >= 11 is 0. The molecular formula is C14H22F2N2. The van der Waals surface area contributed by atoms with Crippen LogP contribution in [0.5, 0.6) is 0 Å². The summed E-state index contributed by atoms with van der Waals surface area (Å²) in [5.74, 6) is -1.17. The fourth-order valence-electron chi connectivity index (χ4n) is 1.81. The SMILES string of the molecule is CCCCCC(C)(C)CNc1ncc(F)cc1F. The van der Waals surface area contributed by atoms with E-state index in [1.54, 1.807) is 0 Å². The summed E-state index contributed by atoms with van der Waals surface area (Å²) in [6.07, 6.45) is 5.68. The van der Waals surface area contributed by atoms with Crippen LogP contribution in [-0.2, 0) is 0 Å². The zero-order valence-electron chi connectivity index (χ0n) is 11.4. The van der Waals surface area contributed by atoms with E-state index >= 15 is 0 Å². The molecule has 0 aliphatic carbocycles. The van der Waals surface area contributed by atoms with Gasteiger partial charge in [-0.15, -0.1) is 0 Å². The maximum absolute atomic E-state index is 13.4. The molecule has 0 unspecified atom stereocenters. The fraction of sp³-hybridized carbons (Fsp3) is 0.643. The van der Waals surface area contributed by atoms with Gasteiger partial charge in [0, 0.05) is 12.6 Å². The molecule has 1 N–H and O–H groups in total. The van der Waals surface area contributed by atoms with Gasteiger partial charge in [-0.1, -0.05) is 40.0 Å². The van der Waals surface area contributed by atoms with E-state index in [4.69, 9.17) is 0 Å². The Bertz CT molecular complexity index is 378. The minimum atomic E-state index is -0.653. The predicted octanol–water partition coefficient (Wildman–Crippen LogP) is 4.38. The first-order chi connectivity index (χ1) is 8.44. The Kier molecular flexibility index (Phi) is 5.51. The number of hydrogen-bond acceptors (Lipinski definition) is 2.